The molecule has 31 heavy (non-hydrogen) atoms. The lowest BCUT2D eigenvalue weighted by atomic mass is 10.3. The number of rotatable bonds is 8. The van der Waals surface area contributed by atoms with Crippen LogP contribution in [0.5, 0.6) is 5.75 Å². The summed E-state index contributed by atoms with van der Waals surface area (Å²) in [6.45, 7) is -0.220. The maximum Gasteiger partial charge on any atom is 0.259 e. The highest BCUT2D eigenvalue weighted by atomic mass is 35.6. The van der Waals surface area contributed by atoms with Gasteiger partial charge >= 0.3 is 0 Å². The first-order chi connectivity index (χ1) is 14.9. The average molecular weight is 478 g/mol. The molecule has 6 nitrogen and oxygen atoms in total. The van der Waals surface area contributed by atoms with Crippen molar-refractivity contribution in [2.24, 2.45) is 10.2 Å². The molecule has 0 bridgehead atoms. The maximum atomic E-state index is 12.3. The van der Waals surface area contributed by atoms with E-state index in [2.05, 4.69) is 20.9 Å². The van der Waals surface area contributed by atoms with E-state index in [9.17, 15) is 4.79 Å². The smallest absolute Gasteiger partial charge is 0.259 e. The van der Waals surface area contributed by atoms with Crippen LogP contribution in [0.2, 0.25) is 0 Å². The molecule has 3 rings (SSSR count). The van der Waals surface area contributed by atoms with E-state index < -0.39 is 15.9 Å². The molecule has 1 amide bonds. The Kier molecular flexibility index (Phi) is 8.12. The minimum atomic E-state index is -1.80. The van der Waals surface area contributed by atoms with Crippen LogP contribution in [0.4, 0.5) is 17.1 Å². The molecule has 3 aromatic rings. The molecule has 0 saturated heterocycles. The zero-order valence-electron chi connectivity index (χ0n) is 16.2. The summed E-state index contributed by atoms with van der Waals surface area (Å²) >= 11 is 18.1. The predicted molar refractivity (Wildman–Crippen MR) is 125 cm³/mol. The molecule has 0 spiro atoms. The molecule has 0 radical (unpaired) electrons. The van der Waals surface area contributed by atoms with Crippen LogP contribution in [-0.4, -0.2) is 22.5 Å². The van der Waals surface area contributed by atoms with E-state index in [0.717, 1.165) is 5.69 Å². The van der Waals surface area contributed by atoms with Gasteiger partial charge in [0.1, 0.15) is 11.9 Å². The number of nitrogens with zero attached hydrogens (tertiary/aromatic N) is 2. The van der Waals surface area contributed by atoms with Crippen molar-refractivity contribution in [2.45, 2.75) is 9.96 Å². The first kappa shape index (κ1) is 22.9. The molecule has 0 aliphatic heterocycles. The van der Waals surface area contributed by atoms with E-state index >= 15 is 0 Å². The van der Waals surface area contributed by atoms with Gasteiger partial charge in [-0.1, -0.05) is 71.2 Å². The zero-order valence-corrected chi connectivity index (χ0v) is 18.5. The molecular formula is C22H19Cl3N4O2. The number of ether oxygens (including phenoxy) is 1. The summed E-state index contributed by atoms with van der Waals surface area (Å²) < 4.78 is 3.62. The summed E-state index contributed by atoms with van der Waals surface area (Å²) in [5.41, 5.74) is 2.03. The summed E-state index contributed by atoms with van der Waals surface area (Å²) in [6, 6.07) is 25.4. The normalized spacial score (nSPS) is 12.4. The van der Waals surface area contributed by atoms with Crippen LogP contribution in [0, 0.1) is 0 Å². The summed E-state index contributed by atoms with van der Waals surface area (Å²) in [4.78, 5) is 12.3. The number of hydrogen-bond acceptors (Lipinski definition) is 5. The molecule has 0 fully saturated rings. The highest BCUT2D eigenvalue weighted by Gasteiger charge is 2.34. The molecule has 0 aromatic heterocycles. The standard InChI is InChI=1S/C22H19Cl3N4O2/c23-22(24,25)21(27-20(30)15-31-19-9-5-2-6-10-19)26-16-11-13-18(14-12-16)29-28-17-7-3-1-4-8-17/h1-14,21,26H,15H2,(H,27,30). The first-order valence-electron chi connectivity index (χ1n) is 9.27. The van der Waals surface area contributed by atoms with Crippen LogP contribution in [0.3, 0.4) is 0 Å². The molecule has 3 aromatic carbocycles. The van der Waals surface area contributed by atoms with E-state index in [0.29, 0.717) is 17.1 Å². The predicted octanol–water partition coefficient (Wildman–Crippen LogP) is 6.41. The number of hydrogen-bond donors (Lipinski definition) is 2. The van der Waals surface area contributed by atoms with Gasteiger partial charge in [-0.3, -0.25) is 4.79 Å². The van der Waals surface area contributed by atoms with Crippen molar-refractivity contribution < 1.29 is 9.53 Å². The monoisotopic (exact) mass is 476 g/mol. The third-order valence-electron chi connectivity index (χ3n) is 3.96. The zero-order chi connectivity index (χ0) is 22.1. The molecule has 9 heteroatoms. The maximum absolute atomic E-state index is 12.3. The molecule has 0 aliphatic carbocycles. The third kappa shape index (κ3) is 7.75. The molecule has 0 saturated carbocycles. The Labute approximate surface area is 195 Å². The number of carbonyl (C=O) groups excluding carboxylic acids is 1. The van der Waals surface area contributed by atoms with Crippen molar-refractivity contribution in [3.05, 3.63) is 84.9 Å². The van der Waals surface area contributed by atoms with Gasteiger partial charge in [-0.05, 0) is 48.5 Å². The van der Waals surface area contributed by atoms with E-state index in [1.807, 2.05) is 48.5 Å². The van der Waals surface area contributed by atoms with E-state index in [4.69, 9.17) is 39.5 Å². The van der Waals surface area contributed by atoms with Crippen molar-refractivity contribution in [3.63, 3.8) is 0 Å². The van der Waals surface area contributed by atoms with Crippen molar-refractivity contribution >= 4 is 57.8 Å². The summed E-state index contributed by atoms with van der Waals surface area (Å²) in [5.74, 6) is 0.122. The van der Waals surface area contributed by atoms with Gasteiger partial charge < -0.3 is 15.4 Å². The van der Waals surface area contributed by atoms with Crippen LogP contribution in [-0.2, 0) is 4.79 Å². The average Bonchev–Trinajstić information content (AvgIpc) is 2.77. The highest BCUT2D eigenvalue weighted by Crippen LogP contribution is 2.31. The second-order valence-electron chi connectivity index (χ2n) is 6.37. The number of anilines is 1. The van der Waals surface area contributed by atoms with Gasteiger partial charge in [-0.2, -0.15) is 10.2 Å². The third-order valence-corrected chi connectivity index (χ3v) is 4.62. The Bertz CT molecular complexity index is 995. The van der Waals surface area contributed by atoms with Gasteiger partial charge in [0.25, 0.3) is 5.91 Å². The minimum Gasteiger partial charge on any atom is -0.484 e. The fraction of sp³-hybridized carbons (Fsp3) is 0.136. The largest absolute Gasteiger partial charge is 0.484 e. The highest BCUT2D eigenvalue weighted by molar-refractivity contribution is 6.68. The Morgan fingerprint density at radius 3 is 1.97 bits per heavy atom. The van der Waals surface area contributed by atoms with Crippen molar-refractivity contribution in [2.75, 3.05) is 11.9 Å². The number of azo groups is 1. The number of halogens is 3. The number of amides is 1. The number of para-hydroxylation sites is 1. The van der Waals surface area contributed by atoms with Gasteiger partial charge in [0.05, 0.1) is 11.4 Å². The summed E-state index contributed by atoms with van der Waals surface area (Å²) in [7, 11) is 0. The fourth-order valence-electron chi connectivity index (χ4n) is 2.47. The van der Waals surface area contributed by atoms with Crippen molar-refractivity contribution in [3.8, 4) is 5.75 Å². The Morgan fingerprint density at radius 1 is 0.839 bits per heavy atom. The number of benzene rings is 3. The van der Waals surface area contributed by atoms with Crippen LogP contribution in [0.1, 0.15) is 0 Å². The number of nitrogens with one attached hydrogen (secondary N) is 2. The summed E-state index contributed by atoms with van der Waals surface area (Å²) in [6.07, 6.45) is -0.985. The van der Waals surface area contributed by atoms with Crippen LogP contribution >= 0.6 is 34.8 Å². The van der Waals surface area contributed by atoms with Crippen molar-refractivity contribution in [1.82, 2.24) is 5.32 Å². The summed E-state index contributed by atoms with van der Waals surface area (Å²) in [5, 5.41) is 14.0. The lowest BCUT2D eigenvalue weighted by Crippen LogP contribution is -2.50. The molecule has 1 unspecified atom stereocenters. The van der Waals surface area contributed by atoms with E-state index in [1.54, 1.807) is 36.4 Å². The first-order valence-corrected chi connectivity index (χ1v) is 10.4. The lowest BCUT2D eigenvalue weighted by molar-refractivity contribution is -0.123. The van der Waals surface area contributed by atoms with Gasteiger partial charge in [0.15, 0.2) is 6.61 Å². The van der Waals surface area contributed by atoms with Gasteiger partial charge in [-0.25, -0.2) is 0 Å². The molecule has 0 aliphatic rings. The molecule has 160 valence electrons. The van der Waals surface area contributed by atoms with Crippen LogP contribution in [0.25, 0.3) is 0 Å². The molecule has 2 N–H and O–H groups in total. The molecule has 0 heterocycles. The van der Waals surface area contributed by atoms with Gasteiger partial charge in [-0.15, -0.1) is 0 Å². The Hall–Kier alpha value is -2.80. The topological polar surface area (TPSA) is 75.1 Å². The molecule has 1 atom stereocenters. The number of alkyl halides is 3. The second kappa shape index (κ2) is 11.0. The van der Waals surface area contributed by atoms with Crippen molar-refractivity contribution in [1.29, 1.82) is 0 Å². The Balaban J connectivity index is 1.58. The minimum absolute atomic E-state index is 0.220. The number of carbonyl (C=O) groups is 1. The van der Waals surface area contributed by atoms with Gasteiger partial charge in [0, 0.05) is 5.69 Å². The SMILES string of the molecule is O=C(COc1ccccc1)NC(Nc1ccc(N=Nc2ccccc2)cc1)C(Cl)(Cl)Cl. The lowest BCUT2D eigenvalue weighted by Gasteiger charge is -2.27. The fourth-order valence-corrected chi connectivity index (χ4v) is 2.80. The Morgan fingerprint density at radius 2 is 1.39 bits per heavy atom. The van der Waals surface area contributed by atoms with Crippen LogP contribution in [0.15, 0.2) is 95.2 Å². The second-order valence-corrected chi connectivity index (χ2v) is 8.74. The van der Waals surface area contributed by atoms with Crippen LogP contribution < -0.4 is 15.4 Å². The van der Waals surface area contributed by atoms with Gasteiger partial charge in [0.2, 0.25) is 3.79 Å². The molecular weight excluding hydrogens is 459 g/mol. The van der Waals surface area contributed by atoms with E-state index in [-0.39, 0.29) is 6.61 Å². The quantitative estimate of drug-likeness (QED) is 0.224. The van der Waals surface area contributed by atoms with E-state index in [1.165, 1.54) is 0 Å².